The van der Waals surface area contributed by atoms with Crippen LogP contribution in [-0.2, 0) is 14.2 Å². The highest BCUT2D eigenvalue weighted by atomic mass is 16.5. The largest absolute Gasteiger partial charge is 0.382 e. The smallest absolute Gasteiger partial charge is 0.0701 e. The molecule has 0 radical (unpaired) electrons. The summed E-state index contributed by atoms with van der Waals surface area (Å²) in [5, 5.41) is 3.44. The van der Waals surface area contributed by atoms with Gasteiger partial charge in [-0.2, -0.15) is 0 Å². The predicted octanol–water partition coefficient (Wildman–Crippen LogP) is 0.986. The first-order valence-corrected chi connectivity index (χ1v) is 7.85. The molecule has 5 heteroatoms. The molecule has 120 valence electrons. The van der Waals surface area contributed by atoms with Gasteiger partial charge >= 0.3 is 0 Å². The molecule has 1 aliphatic rings. The van der Waals surface area contributed by atoms with Crippen LogP contribution >= 0.6 is 0 Å². The van der Waals surface area contributed by atoms with E-state index in [1.807, 2.05) is 0 Å². The van der Waals surface area contributed by atoms with Gasteiger partial charge in [-0.3, -0.25) is 0 Å². The Morgan fingerprint density at radius 1 is 1.10 bits per heavy atom. The number of hydrogen-bond donors (Lipinski definition) is 1. The van der Waals surface area contributed by atoms with E-state index in [9.17, 15) is 0 Å². The van der Waals surface area contributed by atoms with Crippen LogP contribution in [0.5, 0.6) is 0 Å². The topological polar surface area (TPSA) is 43.0 Å². The van der Waals surface area contributed by atoms with Crippen molar-refractivity contribution in [2.24, 2.45) is 5.92 Å². The molecule has 0 bridgehead atoms. The number of piperidine rings is 1. The van der Waals surface area contributed by atoms with E-state index < -0.39 is 0 Å². The number of nitrogens with zero attached hydrogens (tertiary/aromatic N) is 1. The van der Waals surface area contributed by atoms with Crippen molar-refractivity contribution in [2.75, 3.05) is 66.8 Å². The van der Waals surface area contributed by atoms with Crippen LogP contribution in [0.4, 0.5) is 0 Å². The third kappa shape index (κ3) is 6.99. The number of hydrogen-bond acceptors (Lipinski definition) is 5. The molecule has 1 fully saturated rings. The maximum absolute atomic E-state index is 5.62. The average molecular weight is 288 g/mol. The van der Waals surface area contributed by atoms with Gasteiger partial charge in [0.1, 0.15) is 0 Å². The van der Waals surface area contributed by atoms with Crippen molar-refractivity contribution in [1.82, 2.24) is 10.2 Å². The minimum Gasteiger partial charge on any atom is -0.382 e. The van der Waals surface area contributed by atoms with E-state index >= 15 is 0 Å². The zero-order valence-electron chi connectivity index (χ0n) is 13.4. The van der Waals surface area contributed by atoms with Crippen LogP contribution in [0.3, 0.4) is 0 Å². The van der Waals surface area contributed by atoms with Crippen LogP contribution in [0.25, 0.3) is 0 Å². The molecule has 1 heterocycles. The standard InChI is InChI=1S/C15H32N2O3/c1-4-14-13-17(6-5-15(14)16-2)7-8-19-11-12-20-10-9-18-3/h14-16H,4-13H2,1-3H3. The quantitative estimate of drug-likeness (QED) is 0.574. The molecule has 0 aromatic heterocycles. The van der Waals surface area contributed by atoms with Crippen molar-refractivity contribution in [3.05, 3.63) is 0 Å². The fourth-order valence-electron chi connectivity index (χ4n) is 2.76. The minimum atomic E-state index is 0.648. The van der Waals surface area contributed by atoms with Crippen LogP contribution in [-0.4, -0.2) is 77.8 Å². The Kier molecular flexibility index (Phi) is 10.2. The molecule has 0 saturated carbocycles. The number of nitrogens with one attached hydrogen (secondary N) is 1. The normalized spacial score (nSPS) is 24.1. The fraction of sp³-hybridized carbons (Fsp3) is 1.00. The van der Waals surface area contributed by atoms with Crippen molar-refractivity contribution in [1.29, 1.82) is 0 Å². The fourth-order valence-corrected chi connectivity index (χ4v) is 2.76. The van der Waals surface area contributed by atoms with Crippen LogP contribution in [0.2, 0.25) is 0 Å². The molecule has 1 rings (SSSR count). The molecule has 2 unspecified atom stereocenters. The summed E-state index contributed by atoms with van der Waals surface area (Å²) in [4.78, 5) is 2.52. The third-order valence-corrected chi connectivity index (χ3v) is 4.07. The lowest BCUT2D eigenvalue weighted by atomic mass is 9.90. The van der Waals surface area contributed by atoms with Crippen molar-refractivity contribution < 1.29 is 14.2 Å². The Hall–Kier alpha value is -0.200. The van der Waals surface area contributed by atoms with Gasteiger partial charge in [-0.25, -0.2) is 0 Å². The first-order chi connectivity index (χ1) is 9.81. The Morgan fingerprint density at radius 3 is 2.45 bits per heavy atom. The van der Waals surface area contributed by atoms with Gasteiger partial charge in [0, 0.05) is 26.2 Å². The molecule has 2 atom stereocenters. The Bertz CT molecular complexity index is 229. The number of ether oxygens (including phenoxy) is 3. The summed E-state index contributed by atoms with van der Waals surface area (Å²) in [6.07, 6.45) is 2.49. The molecule has 0 aromatic rings. The minimum absolute atomic E-state index is 0.648. The maximum atomic E-state index is 5.62. The van der Waals surface area contributed by atoms with Gasteiger partial charge in [-0.1, -0.05) is 13.3 Å². The third-order valence-electron chi connectivity index (χ3n) is 4.07. The van der Waals surface area contributed by atoms with Gasteiger partial charge in [0.2, 0.25) is 0 Å². The number of methoxy groups -OCH3 is 1. The summed E-state index contributed by atoms with van der Waals surface area (Å²) in [6, 6.07) is 0.686. The van der Waals surface area contributed by atoms with Crippen LogP contribution in [0.1, 0.15) is 19.8 Å². The molecule has 1 N–H and O–H groups in total. The Morgan fingerprint density at radius 2 is 1.80 bits per heavy atom. The van der Waals surface area contributed by atoms with E-state index in [4.69, 9.17) is 14.2 Å². The molecule has 5 nitrogen and oxygen atoms in total. The van der Waals surface area contributed by atoms with E-state index in [1.165, 1.54) is 25.9 Å². The summed E-state index contributed by atoms with van der Waals surface area (Å²) in [7, 11) is 3.76. The van der Waals surface area contributed by atoms with Gasteiger partial charge in [0.05, 0.1) is 33.0 Å². The first kappa shape index (κ1) is 17.9. The lowest BCUT2D eigenvalue weighted by Crippen LogP contribution is -2.48. The van der Waals surface area contributed by atoms with Gasteiger partial charge in [-0.05, 0) is 25.9 Å². The molecule has 1 aliphatic heterocycles. The van der Waals surface area contributed by atoms with Gasteiger partial charge in [0.25, 0.3) is 0 Å². The highest BCUT2D eigenvalue weighted by molar-refractivity contribution is 4.83. The second-order valence-electron chi connectivity index (χ2n) is 5.37. The molecule has 20 heavy (non-hydrogen) atoms. The Labute approximate surface area is 123 Å². The summed E-state index contributed by atoms with van der Waals surface area (Å²) in [6.45, 7) is 9.11. The zero-order chi connectivity index (χ0) is 14.6. The SMILES string of the molecule is CCC1CN(CCOCCOCCOC)CCC1NC. The molecule has 0 aromatic carbocycles. The first-order valence-electron chi connectivity index (χ1n) is 7.85. The highest BCUT2D eigenvalue weighted by Crippen LogP contribution is 2.19. The molecule has 0 amide bonds. The zero-order valence-corrected chi connectivity index (χ0v) is 13.4. The highest BCUT2D eigenvalue weighted by Gasteiger charge is 2.26. The lowest BCUT2D eigenvalue weighted by Gasteiger charge is -2.38. The second kappa shape index (κ2) is 11.5. The number of rotatable bonds is 11. The van der Waals surface area contributed by atoms with Gasteiger partial charge in [0.15, 0.2) is 0 Å². The number of likely N-dealkylation sites (tertiary alicyclic amines) is 1. The average Bonchev–Trinajstić information content (AvgIpc) is 2.49. The van der Waals surface area contributed by atoms with Crippen LogP contribution in [0.15, 0.2) is 0 Å². The van der Waals surface area contributed by atoms with E-state index in [0.717, 1.165) is 19.1 Å². The molecule has 0 aliphatic carbocycles. The summed E-state index contributed by atoms with van der Waals surface area (Å²) < 4.78 is 15.9. The second-order valence-corrected chi connectivity index (χ2v) is 5.37. The summed E-state index contributed by atoms with van der Waals surface area (Å²) >= 11 is 0. The van der Waals surface area contributed by atoms with Crippen molar-refractivity contribution >= 4 is 0 Å². The maximum Gasteiger partial charge on any atom is 0.0701 e. The predicted molar refractivity (Wildman–Crippen MR) is 81.2 cm³/mol. The van der Waals surface area contributed by atoms with Gasteiger partial charge < -0.3 is 24.4 Å². The van der Waals surface area contributed by atoms with Crippen molar-refractivity contribution in [3.8, 4) is 0 Å². The summed E-state index contributed by atoms with van der Waals surface area (Å²) in [5.41, 5.74) is 0. The Balaban J connectivity index is 1.99. The van der Waals surface area contributed by atoms with Crippen molar-refractivity contribution in [3.63, 3.8) is 0 Å². The monoisotopic (exact) mass is 288 g/mol. The van der Waals surface area contributed by atoms with E-state index in [2.05, 4.69) is 24.2 Å². The molecular weight excluding hydrogens is 256 g/mol. The van der Waals surface area contributed by atoms with Crippen molar-refractivity contribution in [2.45, 2.75) is 25.8 Å². The van der Waals surface area contributed by atoms with Crippen LogP contribution in [0, 0.1) is 5.92 Å². The molecular formula is C15H32N2O3. The summed E-state index contributed by atoms with van der Waals surface area (Å²) in [5.74, 6) is 0.770. The lowest BCUT2D eigenvalue weighted by molar-refractivity contribution is 0.0153. The molecule has 0 spiro atoms. The van der Waals surface area contributed by atoms with E-state index in [-0.39, 0.29) is 0 Å². The van der Waals surface area contributed by atoms with Gasteiger partial charge in [-0.15, -0.1) is 0 Å². The van der Waals surface area contributed by atoms with Crippen LogP contribution < -0.4 is 5.32 Å². The van der Waals surface area contributed by atoms with E-state index in [0.29, 0.717) is 32.5 Å². The molecule has 1 saturated heterocycles. The van der Waals surface area contributed by atoms with E-state index in [1.54, 1.807) is 7.11 Å².